The quantitative estimate of drug-likeness (QED) is 0.625. The summed E-state index contributed by atoms with van der Waals surface area (Å²) in [5, 5.41) is 0. The van der Waals surface area contributed by atoms with E-state index < -0.39 is 21.7 Å². The van der Waals surface area contributed by atoms with E-state index in [2.05, 4.69) is 0 Å². The first kappa shape index (κ1) is 23.9. The molecule has 1 aliphatic heterocycles. The van der Waals surface area contributed by atoms with E-state index in [9.17, 15) is 22.0 Å². The first-order chi connectivity index (χ1) is 15.2. The van der Waals surface area contributed by atoms with Crippen LogP contribution in [0.25, 0.3) is 0 Å². The Morgan fingerprint density at radius 1 is 1.06 bits per heavy atom. The largest absolute Gasteiger partial charge is 0.497 e. The normalized spacial score (nSPS) is 15.4. The Balaban J connectivity index is 1.63. The lowest BCUT2D eigenvalue weighted by atomic mass is 9.96. The van der Waals surface area contributed by atoms with E-state index in [1.54, 1.807) is 38.3 Å². The standard InChI is InChI=1S/C22H26F2N2O5S/c1-25(14-16-4-5-17(30-2)12-21(16)31-3)22(27)15-8-10-26(11-9-15)32(28,29)18-6-7-19(23)20(24)13-18/h4-7,12-13,15H,8-11,14H2,1-3H3. The lowest BCUT2D eigenvalue weighted by Crippen LogP contribution is -2.43. The van der Waals surface area contributed by atoms with Crippen LogP contribution in [0.5, 0.6) is 11.5 Å². The van der Waals surface area contributed by atoms with Crippen LogP contribution >= 0.6 is 0 Å². The number of amides is 1. The SMILES string of the molecule is COc1ccc(CN(C)C(=O)C2CCN(S(=O)(=O)c3ccc(F)c(F)c3)CC2)c(OC)c1. The highest BCUT2D eigenvalue weighted by atomic mass is 32.2. The summed E-state index contributed by atoms with van der Waals surface area (Å²) >= 11 is 0. The van der Waals surface area contributed by atoms with Crippen molar-refractivity contribution >= 4 is 15.9 Å². The lowest BCUT2D eigenvalue weighted by molar-refractivity contribution is -0.135. The molecule has 2 aromatic rings. The van der Waals surface area contributed by atoms with Crippen LogP contribution in [0.15, 0.2) is 41.3 Å². The monoisotopic (exact) mass is 468 g/mol. The summed E-state index contributed by atoms with van der Waals surface area (Å²) < 4.78 is 63.9. The number of carbonyl (C=O) groups excluding carboxylic acids is 1. The van der Waals surface area contributed by atoms with Crippen LogP contribution in [0.1, 0.15) is 18.4 Å². The fraction of sp³-hybridized carbons (Fsp3) is 0.409. The van der Waals surface area contributed by atoms with Crippen LogP contribution in [-0.2, 0) is 21.4 Å². The highest BCUT2D eigenvalue weighted by Gasteiger charge is 2.33. The van der Waals surface area contributed by atoms with Crippen molar-refractivity contribution in [2.75, 3.05) is 34.4 Å². The molecule has 1 fully saturated rings. The van der Waals surface area contributed by atoms with Gasteiger partial charge in [-0.1, -0.05) is 0 Å². The molecule has 0 N–H and O–H groups in total. The Kier molecular flexibility index (Phi) is 7.35. The molecule has 10 heteroatoms. The van der Waals surface area contributed by atoms with Crippen LogP contribution in [0.2, 0.25) is 0 Å². The molecule has 0 aromatic heterocycles. The summed E-state index contributed by atoms with van der Waals surface area (Å²) in [7, 11) is 0.833. The first-order valence-corrected chi connectivity index (χ1v) is 11.5. The number of rotatable bonds is 7. The Hall–Kier alpha value is -2.72. The zero-order valence-corrected chi connectivity index (χ0v) is 19.0. The van der Waals surface area contributed by atoms with Crippen LogP contribution in [0.3, 0.4) is 0 Å². The van der Waals surface area contributed by atoms with E-state index in [1.807, 2.05) is 6.07 Å². The van der Waals surface area contributed by atoms with Gasteiger partial charge >= 0.3 is 0 Å². The molecular formula is C22H26F2N2O5S. The lowest BCUT2D eigenvalue weighted by Gasteiger charge is -2.32. The van der Waals surface area contributed by atoms with Crippen LogP contribution in [0.4, 0.5) is 8.78 Å². The molecule has 1 amide bonds. The third-order valence-corrected chi connectivity index (χ3v) is 7.50. The minimum atomic E-state index is -3.96. The number of nitrogens with zero attached hydrogens (tertiary/aromatic N) is 2. The van der Waals surface area contributed by atoms with Gasteiger partial charge < -0.3 is 14.4 Å². The maximum Gasteiger partial charge on any atom is 0.243 e. The molecule has 3 rings (SSSR count). The van der Waals surface area contributed by atoms with Crippen LogP contribution in [0, 0.1) is 17.6 Å². The van der Waals surface area contributed by atoms with Gasteiger partial charge in [-0.05, 0) is 43.2 Å². The van der Waals surface area contributed by atoms with Crippen molar-refractivity contribution in [2.45, 2.75) is 24.3 Å². The van der Waals surface area contributed by atoms with Crippen LogP contribution < -0.4 is 9.47 Å². The maximum atomic E-state index is 13.5. The highest BCUT2D eigenvalue weighted by Crippen LogP contribution is 2.28. The number of hydrogen-bond donors (Lipinski definition) is 0. The highest BCUT2D eigenvalue weighted by molar-refractivity contribution is 7.89. The molecule has 32 heavy (non-hydrogen) atoms. The van der Waals surface area contributed by atoms with E-state index in [-0.39, 0.29) is 29.8 Å². The van der Waals surface area contributed by atoms with E-state index in [0.717, 1.165) is 17.7 Å². The Labute approximate surface area is 186 Å². The predicted molar refractivity (Wildman–Crippen MR) is 114 cm³/mol. The Morgan fingerprint density at radius 3 is 2.34 bits per heavy atom. The second-order valence-electron chi connectivity index (χ2n) is 7.63. The van der Waals surface area contributed by atoms with E-state index in [0.29, 0.717) is 37.0 Å². The minimum Gasteiger partial charge on any atom is -0.497 e. The summed E-state index contributed by atoms with van der Waals surface area (Å²) in [6.45, 7) is 0.578. The second-order valence-corrected chi connectivity index (χ2v) is 9.56. The number of benzene rings is 2. The minimum absolute atomic E-state index is 0.0901. The molecule has 1 aliphatic rings. The van der Waals surface area contributed by atoms with Gasteiger partial charge in [0.25, 0.3) is 0 Å². The Bertz CT molecular complexity index is 1090. The molecule has 7 nitrogen and oxygen atoms in total. The molecular weight excluding hydrogens is 442 g/mol. The zero-order chi connectivity index (χ0) is 23.5. The van der Waals surface area contributed by atoms with Gasteiger partial charge in [0.05, 0.1) is 19.1 Å². The molecule has 0 spiro atoms. The van der Waals surface area contributed by atoms with Gasteiger partial charge in [-0.15, -0.1) is 0 Å². The second kappa shape index (κ2) is 9.83. The average molecular weight is 469 g/mol. The molecule has 2 aromatic carbocycles. The Morgan fingerprint density at radius 2 is 1.75 bits per heavy atom. The molecule has 1 saturated heterocycles. The van der Waals surface area contributed by atoms with Crippen molar-refractivity contribution in [2.24, 2.45) is 5.92 Å². The number of piperidine rings is 1. The van der Waals surface area contributed by atoms with Crippen molar-refractivity contribution in [3.05, 3.63) is 53.6 Å². The molecule has 0 unspecified atom stereocenters. The van der Waals surface area contributed by atoms with Gasteiger partial charge in [0, 0.05) is 44.2 Å². The molecule has 0 aliphatic carbocycles. The molecule has 1 heterocycles. The fourth-order valence-corrected chi connectivity index (χ4v) is 5.24. The zero-order valence-electron chi connectivity index (χ0n) is 18.2. The van der Waals surface area contributed by atoms with Crippen molar-refractivity contribution < 1.29 is 31.5 Å². The molecule has 0 radical (unpaired) electrons. The summed E-state index contributed by atoms with van der Waals surface area (Å²) in [6, 6.07) is 7.88. The number of hydrogen-bond acceptors (Lipinski definition) is 5. The topological polar surface area (TPSA) is 76.2 Å². The maximum absolute atomic E-state index is 13.5. The van der Waals surface area contributed by atoms with Gasteiger partial charge in [-0.25, -0.2) is 17.2 Å². The predicted octanol–water partition coefficient (Wildman–Crippen LogP) is 3.04. The smallest absolute Gasteiger partial charge is 0.243 e. The molecule has 174 valence electrons. The van der Waals surface area contributed by atoms with Crippen LogP contribution in [-0.4, -0.2) is 57.9 Å². The molecule has 0 bridgehead atoms. The average Bonchev–Trinajstić information content (AvgIpc) is 2.80. The van der Waals surface area contributed by atoms with Crippen molar-refractivity contribution in [1.29, 1.82) is 0 Å². The summed E-state index contributed by atoms with van der Waals surface area (Å²) in [4.78, 5) is 14.2. The van der Waals surface area contributed by atoms with Gasteiger partial charge in [-0.2, -0.15) is 4.31 Å². The fourth-order valence-electron chi connectivity index (χ4n) is 3.76. The number of ether oxygens (including phenoxy) is 2. The third kappa shape index (κ3) is 5.02. The van der Waals surface area contributed by atoms with Gasteiger partial charge in [0.15, 0.2) is 11.6 Å². The number of halogens is 2. The van der Waals surface area contributed by atoms with E-state index in [1.165, 1.54) is 4.31 Å². The molecule has 0 atom stereocenters. The van der Waals surface area contributed by atoms with Gasteiger partial charge in [-0.3, -0.25) is 4.79 Å². The summed E-state index contributed by atoms with van der Waals surface area (Å²) in [6.07, 6.45) is 0.678. The summed E-state index contributed by atoms with van der Waals surface area (Å²) in [5.74, 6) is -1.49. The van der Waals surface area contributed by atoms with Gasteiger partial charge in [0.2, 0.25) is 15.9 Å². The number of methoxy groups -OCH3 is 2. The summed E-state index contributed by atoms with van der Waals surface area (Å²) in [5.41, 5.74) is 0.822. The molecule has 0 saturated carbocycles. The van der Waals surface area contributed by atoms with Crippen molar-refractivity contribution in [3.63, 3.8) is 0 Å². The van der Waals surface area contributed by atoms with E-state index >= 15 is 0 Å². The third-order valence-electron chi connectivity index (χ3n) is 5.61. The first-order valence-electron chi connectivity index (χ1n) is 10.1. The number of sulfonamides is 1. The van der Waals surface area contributed by atoms with Crippen molar-refractivity contribution in [1.82, 2.24) is 9.21 Å². The van der Waals surface area contributed by atoms with Gasteiger partial charge in [0.1, 0.15) is 11.5 Å². The van der Waals surface area contributed by atoms with E-state index in [4.69, 9.17) is 9.47 Å². The number of carbonyl (C=O) groups is 1. The van der Waals surface area contributed by atoms with Crippen molar-refractivity contribution in [3.8, 4) is 11.5 Å².